The Bertz CT molecular complexity index is 535. The molecule has 0 aliphatic carbocycles. The molecule has 0 fully saturated rings. The maximum absolute atomic E-state index is 5.40. The third-order valence-electron chi connectivity index (χ3n) is 3.23. The maximum Gasteiger partial charge on any atom is 0.129 e. The fourth-order valence-corrected chi connectivity index (χ4v) is 2.11. The lowest BCUT2D eigenvalue weighted by molar-refractivity contribution is 0.506. The summed E-state index contributed by atoms with van der Waals surface area (Å²) in [4.78, 5) is 6.87. The molecule has 4 heteroatoms. The quantitative estimate of drug-likeness (QED) is 0.878. The largest absolute Gasteiger partial charge is 0.467 e. The maximum atomic E-state index is 5.40. The van der Waals surface area contributed by atoms with Crippen molar-refractivity contribution in [3.63, 3.8) is 0 Å². The van der Waals surface area contributed by atoms with E-state index in [1.54, 1.807) is 6.26 Å². The highest BCUT2D eigenvalue weighted by Gasteiger charge is 2.10. The van der Waals surface area contributed by atoms with Crippen LogP contribution in [0.25, 0.3) is 0 Å². The van der Waals surface area contributed by atoms with Crippen molar-refractivity contribution in [1.82, 2.24) is 10.3 Å². The lowest BCUT2D eigenvalue weighted by Crippen LogP contribution is -2.19. The summed E-state index contributed by atoms with van der Waals surface area (Å²) < 4.78 is 5.40. The van der Waals surface area contributed by atoms with Gasteiger partial charge in [0.2, 0.25) is 0 Å². The number of rotatable bonds is 6. The minimum atomic E-state index is 0.419. The van der Waals surface area contributed by atoms with Gasteiger partial charge in [-0.15, -0.1) is 0 Å². The lowest BCUT2D eigenvalue weighted by Gasteiger charge is -2.20. The van der Waals surface area contributed by atoms with Crippen LogP contribution in [0.15, 0.2) is 34.9 Å². The Morgan fingerprint density at radius 3 is 2.75 bits per heavy atom. The van der Waals surface area contributed by atoms with Gasteiger partial charge >= 0.3 is 0 Å². The first kappa shape index (κ1) is 14.6. The Kier molecular flexibility index (Phi) is 4.79. The van der Waals surface area contributed by atoms with E-state index in [0.29, 0.717) is 5.92 Å². The van der Waals surface area contributed by atoms with Crippen LogP contribution in [0.2, 0.25) is 0 Å². The molecule has 4 nitrogen and oxygen atoms in total. The third-order valence-corrected chi connectivity index (χ3v) is 3.23. The summed E-state index contributed by atoms with van der Waals surface area (Å²) in [6, 6.07) is 8.20. The monoisotopic (exact) mass is 273 g/mol. The topological polar surface area (TPSA) is 41.3 Å². The van der Waals surface area contributed by atoms with Crippen LogP contribution >= 0.6 is 0 Å². The molecule has 0 spiro atoms. The van der Waals surface area contributed by atoms with E-state index in [2.05, 4.69) is 36.2 Å². The first-order chi connectivity index (χ1) is 9.60. The Labute approximate surface area is 120 Å². The molecule has 20 heavy (non-hydrogen) atoms. The van der Waals surface area contributed by atoms with Gasteiger partial charge in [0.25, 0.3) is 0 Å². The summed E-state index contributed by atoms with van der Waals surface area (Å²) in [5, 5.41) is 3.20. The van der Waals surface area contributed by atoms with Gasteiger partial charge in [-0.2, -0.15) is 0 Å². The van der Waals surface area contributed by atoms with Gasteiger partial charge in [0.15, 0.2) is 0 Å². The second kappa shape index (κ2) is 6.57. The van der Waals surface area contributed by atoms with Crippen LogP contribution < -0.4 is 10.2 Å². The number of furan rings is 1. The molecular formula is C16H23N3O. The standard InChI is InChI=1S/C16H23N3O/c1-12(2)15-8-13(10-17-3)9-16(18-15)19(4)11-14-6-5-7-20-14/h5-9,12,17H,10-11H2,1-4H3. The van der Waals surface area contributed by atoms with Crippen LogP contribution in [0.4, 0.5) is 5.82 Å². The Balaban J connectivity index is 2.24. The zero-order valence-corrected chi connectivity index (χ0v) is 12.7. The second-order valence-electron chi connectivity index (χ2n) is 5.38. The summed E-state index contributed by atoms with van der Waals surface area (Å²) in [5.41, 5.74) is 2.38. The van der Waals surface area contributed by atoms with Crippen molar-refractivity contribution < 1.29 is 4.42 Å². The molecule has 0 amide bonds. The van der Waals surface area contributed by atoms with Crippen LogP contribution in [-0.2, 0) is 13.1 Å². The fourth-order valence-electron chi connectivity index (χ4n) is 2.11. The number of aromatic nitrogens is 1. The highest BCUT2D eigenvalue weighted by molar-refractivity contribution is 5.42. The summed E-state index contributed by atoms with van der Waals surface area (Å²) >= 11 is 0. The zero-order valence-electron chi connectivity index (χ0n) is 12.7. The van der Waals surface area contributed by atoms with Crippen LogP contribution in [-0.4, -0.2) is 19.1 Å². The summed E-state index contributed by atoms with van der Waals surface area (Å²) in [7, 11) is 4.00. The van der Waals surface area contributed by atoms with Crippen molar-refractivity contribution in [3.8, 4) is 0 Å². The number of pyridine rings is 1. The number of nitrogens with one attached hydrogen (secondary N) is 1. The van der Waals surface area contributed by atoms with Gasteiger partial charge in [0, 0.05) is 19.3 Å². The predicted molar refractivity (Wildman–Crippen MR) is 81.9 cm³/mol. The third kappa shape index (κ3) is 3.61. The van der Waals surface area contributed by atoms with E-state index in [1.807, 2.05) is 26.2 Å². The summed E-state index contributed by atoms with van der Waals surface area (Å²) in [6.07, 6.45) is 1.70. The number of hydrogen-bond acceptors (Lipinski definition) is 4. The molecular weight excluding hydrogens is 250 g/mol. The van der Waals surface area contributed by atoms with Crippen LogP contribution in [0.5, 0.6) is 0 Å². The Morgan fingerprint density at radius 2 is 2.15 bits per heavy atom. The molecule has 0 saturated carbocycles. The first-order valence-corrected chi connectivity index (χ1v) is 6.99. The molecule has 0 saturated heterocycles. The van der Waals surface area contributed by atoms with Crippen LogP contribution in [0, 0.1) is 0 Å². The smallest absolute Gasteiger partial charge is 0.129 e. The molecule has 0 aliphatic heterocycles. The second-order valence-corrected chi connectivity index (χ2v) is 5.38. The normalized spacial score (nSPS) is 11.1. The lowest BCUT2D eigenvalue weighted by atomic mass is 10.1. The zero-order chi connectivity index (χ0) is 14.5. The Hall–Kier alpha value is -1.81. The van der Waals surface area contributed by atoms with Crippen molar-refractivity contribution >= 4 is 5.82 Å². The highest BCUT2D eigenvalue weighted by atomic mass is 16.3. The predicted octanol–water partition coefficient (Wildman–Crippen LogP) is 3.15. The van der Waals surface area contributed by atoms with Gasteiger partial charge in [-0.25, -0.2) is 4.98 Å². The Morgan fingerprint density at radius 1 is 1.35 bits per heavy atom. The minimum Gasteiger partial charge on any atom is -0.467 e. The summed E-state index contributed by atoms with van der Waals surface area (Å²) in [6.45, 7) is 5.91. The van der Waals surface area contributed by atoms with Crippen LogP contribution in [0.3, 0.4) is 0 Å². The van der Waals surface area contributed by atoms with E-state index in [1.165, 1.54) is 5.56 Å². The average molecular weight is 273 g/mol. The molecule has 2 aromatic rings. The van der Waals surface area contributed by atoms with Crippen molar-refractivity contribution in [2.24, 2.45) is 0 Å². The van der Waals surface area contributed by atoms with Crippen molar-refractivity contribution in [3.05, 3.63) is 47.5 Å². The van der Waals surface area contributed by atoms with E-state index in [0.717, 1.165) is 30.4 Å². The fraction of sp³-hybridized carbons (Fsp3) is 0.438. The molecule has 2 heterocycles. The van der Waals surface area contributed by atoms with E-state index < -0.39 is 0 Å². The molecule has 2 aromatic heterocycles. The highest BCUT2D eigenvalue weighted by Crippen LogP contribution is 2.21. The van der Waals surface area contributed by atoms with Gasteiger partial charge < -0.3 is 14.6 Å². The van der Waals surface area contributed by atoms with Gasteiger partial charge in [-0.05, 0) is 42.8 Å². The van der Waals surface area contributed by atoms with Crippen molar-refractivity contribution in [1.29, 1.82) is 0 Å². The van der Waals surface area contributed by atoms with E-state index in [-0.39, 0.29) is 0 Å². The molecule has 108 valence electrons. The number of anilines is 1. The average Bonchev–Trinajstić information content (AvgIpc) is 2.91. The molecule has 0 atom stereocenters. The minimum absolute atomic E-state index is 0.419. The molecule has 0 aliphatic rings. The van der Waals surface area contributed by atoms with E-state index >= 15 is 0 Å². The number of nitrogens with zero attached hydrogens (tertiary/aromatic N) is 2. The molecule has 0 radical (unpaired) electrons. The van der Waals surface area contributed by atoms with Gasteiger partial charge in [0.05, 0.1) is 12.8 Å². The van der Waals surface area contributed by atoms with Gasteiger partial charge in [-0.1, -0.05) is 13.8 Å². The summed E-state index contributed by atoms with van der Waals surface area (Å²) in [5.74, 6) is 2.35. The SMILES string of the molecule is CNCc1cc(C(C)C)nc(N(C)Cc2ccco2)c1. The molecule has 1 N–H and O–H groups in total. The van der Waals surface area contributed by atoms with E-state index in [4.69, 9.17) is 9.40 Å². The van der Waals surface area contributed by atoms with Gasteiger partial charge in [0.1, 0.15) is 11.6 Å². The van der Waals surface area contributed by atoms with E-state index in [9.17, 15) is 0 Å². The molecule has 0 unspecified atom stereocenters. The first-order valence-electron chi connectivity index (χ1n) is 6.99. The molecule has 0 aromatic carbocycles. The van der Waals surface area contributed by atoms with Gasteiger partial charge in [-0.3, -0.25) is 0 Å². The van der Waals surface area contributed by atoms with Crippen molar-refractivity contribution in [2.45, 2.75) is 32.9 Å². The van der Waals surface area contributed by atoms with Crippen molar-refractivity contribution in [2.75, 3.05) is 19.0 Å². The molecule has 0 bridgehead atoms. The number of hydrogen-bond donors (Lipinski definition) is 1. The molecule has 2 rings (SSSR count). The van der Waals surface area contributed by atoms with Crippen LogP contribution in [0.1, 0.15) is 36.8 Å².